The van der Waals surface area contributed by atoms with E-state index in [2.05, 4.69) is 20.5 Å². The molecule has 0 aliphatic heterocycles. The van der Waals surface area contributed by atoms with Gasteiger partial charge in [-0.2, -0.15) is 18.3 Å². The molecule has 4 nitrogen and oxygen atoms in total. The fraction of sp³-hybridized carbons (Fsp3) is 0.150. The fourth-order valence-corrected chi connectivity index (χ4v) is 2.37. The van der Waals surface area contributed by atoms with Crippen LogP contribution in [0.2, 0.25) is 0 Å². The number of rotatable bonds is 4. The van der Waals surface area contributed by atoms with Crippen LogP contribution in [0, 0.1) is 6.92 Å². The molecule has 0 atom stereocenters. The van der Waals surface area contributed by atoms with Gasteiger partial charge in [-0.15, -0.1) is 0 Å². The summed E-state index contributed by atoms with van der Waals surface area (Å²) in [6.07, 6.45) is -4.58. The Labute approximate surface area is 154 Å². The smallest absolute Gasteiger partial charge is 0.261 e. The first kappa shape index (κ1) is 18.6. The van der Waals surface area contributed by atoms with Crippen molar-refractivity contribution in [3.8, 4) is 11.4 Å². The Morgan fingerprint density at radius 2 is 1.63 bits per heavy atom. The molecule has 27 heavy (non-hydrogen) atoms. The maximum Gasteiger partial charge on any atom is 0.433 e. The molecule has 7 heteroatoms. The number of nitrogens with one attached hydrogen (secondary N) is 1. The highest BCUT2D eigenvalue weighted by Gasteiger charge is 2.33. The summed E-state index contributed by atoms with van der Waals surface area (Å²) in [5.41, 5.74) is 4.68. The summed E-state index contributed by atoms with van der Waals surface area (Å²) in [4.78, 5) is 7.81. The molecule has 1 N–H and O–H groups in total. The maximum atomic E-state index is 13.2. The van der Waals surface area contributed by atoms with E-state index in [1.165, 1.54) is 0 Å². The number of nitrogens with zero attached hydrogens (tertiary/aromatic N) is 3. The molecule has 0 unspecified atom stereocenters. The lowest BCUT2D eigenvalue weighted by molar-refractivity contribution is -0.141. The topological polar surface area (TPSA) is 50.2 Å². The van der Waals surface area contributed by atoms with Crippen molar-refractivity contribution < 1.29 is 13.2 Å². The number of alkyl halides is 3. The molecule has 0 saturated carbocycles. The van der Waals surface area contributed by atoms with E-state index in [-0.39, 0.29) is 11.6 Å². The molecule has 3 aromatic rings. The first-order valence-corrected chi connectivity index (χ1v) is 8.22. The molecular weight excluding hydrogens is 353 g/mol. The van der Waals surface area contributed by atoms with Crippen LogP contribution in [0.1, 0.15) is 23.7 Å². The first-order chi connectivity index (χ1) is 12.8. The van der Waals surface area contributed by atoms with Gasteiger partial charge in [0, 0.05) is 11.6 Å². The predicted molar refractivity (Wildman–Crippen MR) is 99.5 cm³/mol. The van der Waals surface area contributed by atoms with Crippen LogP contribution >= 0.6 is 0 Å². The number of halogens is 3. The van der Waals surface area contributed by atoms with Crippen molar-refractivity contribution >= 4 is 11.5 Å². The number of hydrazone groups is 1. The van der Waals surface area contributed by atoms with Crippen LogP contribution in [0.25, 0.3) is 11.4 Å². The molecule has 1 aromatic heterocycles. The van der Waals surface area contributed by atoms with Crippen LogP contribution in [0.5, 0.6) is 0 Å². The van der Waals surface area contributed by atoms with Gasteiger partial charge in [0.2, 0.25) is 0 Å². The third-order valence-electron chi connectivity index (χ3n) is 3.86. The summed E-state index contributed by atoms with van der Waals surface area (Å²) in [7, 11) is 0. The Bertz CT molecular complexity index is 949. The average molecular weight is 370 g/mol. The predicted octanol–water partition coefficient (Wildman–Crippen LogP) is 5.31. The number of aromatic nitrogens is 2. The number of benzene rings is 2. The Morgan fingerprint density at radius 3 is 2.26 bits per heavy atom. The van der Waals surface area contributed by atoms with E-state index in [4.69, 9.17) is 0 Å². The van der Waals surface area contributed by atoms with Crippen molar-refractivity contribution in [3.05, 3.63) is 77.5 Å². The fourth-order valence-electron chi connectivity index (χ4n) is 2.37. The van der Waals surface area contributed by atoms with Gasteiger partial charge in [0.15, 0.2) is 17.3 Å². The Morgan fingerprint density at radius 1 is 0.963 bits per heavy atom. The van der Waals surface area contributed by atoms with Gasteiger partial charge in [0.1, 0.15) is 0 Å². The molecule has 0 aliphatic rings. The van der Waals surface area contributed by atoms with E-state index in [1.807, 2.05) is 31.2 Å². The highest BCUT2D eigenvalue weighted by atomic mass is 19.4. The number of aryl methyl sites for hydroxylation is 1. The van der Waals surface area contributed by atoms with Gasteiger partial charge in [-0.25, -0.2) is 9.97 Å². The van der Waals surface area contributed by atoms with E-state index >= 15 is 0 Å². The molecule has 0 spiro atoms. The molecule has 2 aromatic carbocycles. The zero-order chi connectivity index (χ0) is 19.4. The van der Waals surface area contributed by atoms with Crippen molar-refractivity contribution in [1.82, 2.24) is 9.97 Å². The second kappa shape index (κ2) is 7.57. The lowest BCUT2D eigenvalue weighted by Gasteiger charge is -2.11. The van der Waals surface area contributed by atoms with Crippen LogP contribution in [0.3, 0.4) is 0 Å². The third-order valence-corrected chi connectivity index (χ3v) is 3.86. The Kier molecular flexibility index (Phi) is 5.21. The van der Waals surface area contributed by atoms with Gasteiger partial charge in [0.05, 0.1) is 5.71 Å². The van der Waals surface area contributed by atoms with Gasteiger partial charge in [0.25, 0.3) is 0 Å². The quantitative estimate of drug-likeness (QED) is 0.500. The van der Waals surface area contributed by atoms with E-state index in [0.717, 1.165) is 17.2 Å². The molecule has 1 heterocycles. The zero-order valence-corrected chi connectivity index (χ0v) is 14.7. The summed E-state index contributed by atoms with van der Waals surface area (Å²) >= 11 is 0. The van der Waals surface area contributed by atoms with Gasteiger partial charge < -0.3 is 0 Å². The first-order valence-electron chi connectivity index (χ1n) is 8.22. The second-order valence-electron chi connectivity index (χ2n) is 6.00. The number of hydrogen-bond donors (Lipinski definition) is 1. The molecule has 0 radical (unpaired) electrons. The number of hydrogen-bond acceptors (Lipinski definition) is 4. The summed E-state index contributed by atoms with van der Waals surface area (Å²) in [5, 5.41) is 4.16. The SMILES string of the molecule is C/C(=N/Nc1cc(C(F)(F)F)nc(-c2ccccc2)n1)c1ccc(C)cc1. The van der Waals surface area contributed by atoms with E-state index in [1.54, 1.807) is 37.3 Å². The maximum absolute atomic E-state index is 13.2. The van der Waals surface area contributed by atoms with Crippen molar-refractivity contribution in [2.24, 2.45) is 5.10 Å². The van der Waals surface area contributed by atoms with Crippen LogP contribution in [-0.4, -0.2) is 15.7 Å². The van der Waals surface area contributed by atoms with Crippen molar-refractivity contribution in [1.29, 1.82) is 0 Å². The minimum absolute atomic E-state index is 0.0175. The monoisotopic (exact) mass is 370 g/mol. The van der Waals surface area contributed by atoms with Gasteiger partial charge in [-0.3, -0.25) is 5.43 Å². The summed E-state index contributed by atoms with van der Waals surface area (Å²) in [5.74, 6) is -0.0428. The molecule has 3 rings (SSSR count). The van der Waals surface area contributed by atoms with Crippen molar-refractivity contribution in [2.45, 2.75) is 20.0 Å². The largest absolute Gasteiger partial charge is 0.433 e. The van der Waals surface area contributed by atoms with E-state index < -0.39 is 11.9 Å². The lowest BCUT2D eigenvalue weighted by atomic mass is 10.1. The summed E-state index contributed by atoms with van der Waals surface area (Å²) in [6.45, 7) is 3.74. The van der Waals surface area contributed by atoms with Crippen molar-refractivity contribution in [3.63, 3.8) is 0 Å². The van der Waals surface area contributed by atoms with Crippen LogP contribution < -0.4 is 5.43 Å². The Balaban J connectivity index is 1.94. The molecule has 138 valence electrons. The standard InChI is InChI=1S/C20H17F3N4/c1-13-8-10-15(11-9-13)14(2)26-27-18-12-17(20(21,22)23)24-19(25-18)16-6-4-3-5-7-16/h3-12H,1-2H3,(H,24,25,27)/b26-14-. The zero-order valence-electron chi connectivity index (χ0n) is 14.7. The highest BCUT2D eigenvalue weighted by Crippen LogP contribution is 2.30. The van der Waals surface area contributed by atoms with Crippen LogP contribution in [0.15, 0.2) is 65.8 Å². The third kappa shape index (κ3) is 4.69. The molecule has 0 fully saturated rings. The lowest BCUT2D eigenvalue weighted by Crippen LogP contribution is -2.11. The van der Waals surface area contributed by atoms with E-state index in [9.17, 15) is 13.2 Å². The summed E-state index contributed by atoms with van der Waals surface area (Å²) in [6, 6.07) is 17.0. The average Bonchev–Trinajstić information content (AvgIpc) is 2.66. The van der Waals surface area contributed by atoms with Crippen molar-refractivity contribution in [2.75, 3.05) is 5.43 Å². The van der Waals surface area contributed by atoms with Crippen LogP contribution in [-0.2, 0) is 6.18 Å². The Hall–Kier alpha value is -3.22. The molecule has 0 aliphatic carbocycles. The normalized spacial score (nSPS) is 12.1. The van der Waals surface area contributed by atoms with Gasteiger partial charge in [-0.1, -0.05) is 60.2 Å². The molecule has 0 amide bonds. The molecule has 0 bridgehead atoms. The van der Waals surface area contributed by atoms with Gasteiger partial charge in [-0.05, 0) is 19.4 Å². The van der Waals surface area contributed by atoms with Crippen LogP contribution in [0.4, 0.5) is 19.0 Å². The molecule has 0 saturated heterocycles. The number of anilines is 1. The molecular formula is C20H17F3N4. The summed E-state index contributed by atoms with van der Waals surface area (Å²) < 4.78 is 39.6. The van der Waals surface area contributed by atoms with E-state index in [0.29, 0.717) is 11.3 Å². The van der Waals surface area contributed by atoms with Gasteiger partial charge >= 0.3 is 6.18 Å². The minimum Gasteiger partial charge on any atom is -0.261 e. The highest BCUT2D eigenvalue weighted by molar-refractivity contribution is 5.99. The second-order valence-corrected chi connectivity index (χ2v) is 6.00. The minimum atomic E-state index is -4.58.